The van der Waals surface area contributed by atoms with E-state index >= 15 is 0 Å². The molecule has 114 valence electrons. The van der Waals surface area contributed by atoms with Crippen LogP contribution < -0.4 is 10.1 Å². The Morgan fingerprint density at radius 2 is 1.64 bits per heavy atom. The van der Waals surface area contributed by atoms with Gasteiger partial charge in [0.2, 0.25) is 5.91 Å². The van der Waals surface area contributed by atoms with E-state index in [0.29, 0.717) is 6.61 Å². The van der Waals surface area contributed by atoms with Crippen molar-refractivity contribution < 1.29 is 19.4 Å². The zero-order chi connectivity index (χ0) is 15.8. The van der Waals surface area contributed by atoms with Crippen LogP contribution >= 0.6 is 0 Å². The Morgan fingerprint density at radius 3 is 2.27 bits per heavy atom. The van der Waals surface area contributed by atoms with E-state index in [2.05, 4.69) is 5.32 Å². The molecule has 2 N–H and O–H groups in total. The standard InChI is InChI=1S/C17H17NO4/c19-16(18-11-17(20)21)10-13-6-8-15(9-7-13)22-12-14-4-2-1-3-5-14/h1-9H,10-12H2,(H,18,19)(H,20,21). The molecule has 2 aromatic rings. The van der Waals surface area contributed by atoms with Gasteiger partial charge in [0.05, 0.1) is 6.42 Å². The second-order valence-electron chi connectivity index (χ2n) is 4.77. The van der Waals surface area contributed by atoms with Gasteiger partial charge in [-0.2, -0.15) is 0 Å². The van der Waals surface area contributed by atoms with Crippen molar-refractivity contribution in [3.8, 4) is 5.75 Å². The third-order valence-corrected chi connectivity index (χ3v) is 2.97. The van der Waals surface area contributed by atoms with Crippen molar-refractivity contribution in [1.29, 1.82) is 0 Å². The van der Waals surface area contributed by atoms with E-state index in [-0.39, 0.29) is 18.9 Å². The number of hydrogen-bond donors (Lipinski definition) is 2. The fourth-order valence-electron chi connectivity index (χ4n) is 1.87. The summed E-state index contributed by atoms with van der Waals surface area (Å²) in [5.74, 6) is -0.656. The van der Waals surface area contributed by atoms with Gasteiger partial charge in [0, 0.05) is 0 Å². The van der Waals surface area contributed by atoms with E-state index in [1.54, 1.807) is 24.3 Å². The Morgan fingerprint density at radius 1 is 0.955 bits per heavy atom. The first-order valence-electron chi connectivity index (χ1n) is 6.87. The maximum Gasteiger partial charge on any atom is 0.322 e. The second kappa shape index (κ2) is 7.83. The number of rotatable bonds is 7. The lowest BCUT2D eigenvalue weighted by atomic mass is 10.1. The van der Waals surface area contributed by atoms with Gasteiger partial charge < -0.3 is 15.2 Å². The molecule has 1 amide bonds. The van der Waals surface area contributed by atoms with Gasteiger partial charge in [-0.1, -0.05) is 42.5 Å². The summed E-state index contributed by atoms with van der Waals surface area (Å²) >= 11 is 0. The van der Waals surface area contributed by atoms with Crippen LogP contribution in [-0.4, -0.2) is 23.5 Å². The first-order chi connectivity index (χ1) is 10.6. The molecule has 0 saturated carbocycles. The van der Waals surface area contributed by atoms with E-state index in [9.17, 15) is 9.59 Å². The summed E-state index contributed by atoms with van der Waals surface area (Å²) in [5, 5.41) is 10.8. The van der Waals surface area contributed by atoms with E-state index in [1.165, 1.54) is 0 Å². The lowest BCUT2D eigenvalue weighted by Gasteiger charge is -2.07. The fourth-order valence-corrected chi connectivity index (χ4v) is 1.87. The van der Waals surface area contributed by atoms with Gasteiger partial charge in [-0.3, -0.25) is 9.59 Å². The van der Waals surface area contributed by atoms with Gasteiger partial charge in [-0.15, -0.1) is 0 Å². The zero-order valence-corrected chi connectivity index (χ0v) is 12.0. The van der Waals surface area contributed by atoms with Gasteiger partial charge >= 0.3 is 5.97 Å². The summed E-state index contributed by atoms with van der Waals surface area (Å²) in [6, 6.07) is 17.0. The molecule has 2 aromatic carbocycles. The molecular formula is C17H17NO4. The number of aliphatic carboxylic acids is 1. The molecule has 0 bridgehead atoms. The number of carboxylic acid groups (broad SMARTS) is 1. The molecule has 0 spiro atoms. The Kier molecular flexibility index (Phi) is 5.54. The van der Waals surface area contributed by atoms with Crippen molar-refractivity contribution in [2.75, 3.05) is 6.54 Å². The van der Waals surface area contributed by atoms with Crippen LogP contribution in [0.25, 0.3) is 0 Å². The van der Waals surface area contributed by atoms with E-state index in [1.807, 2.05) is 30.3 Å². The predicted octanol–water partition coefficient (Wildman–Crippen LogP) is 2.01. The number of carbonyl (C=O) groups excluding carboxylic acids is 1. The fraction of sp³-hybridized carbons (Fsp3) is 0.176. The summed E-state index contributed by atoms with van der Waals surface area (Å²) in [7, 11) is 0. The average Bonchev–Trinajstić information content (AvgIpc) is 2.53. The van der Waals surface area contributed by atoms with Crippen LogP contribution in [0.2, 0.25) is 0 Å². The van der Waals surface area contributed by atoms with Gasteiger partial charge in [-0.05, 0) is 23.3 Å². The molecule has 0 radical (unpaired) electrons. The van der Waals surface area contributed by atoms with Gasteiger partial charge in [-0.25, -0.2) is 0 Å². The van der Waals surface area contributed by atoms with Crippen molar-refractivity contribution >= 4 is 11.9 Å². The van der Waals surface area contributed by atoms with Crippen LogP contribution in [-0.2, 0) is 22.6 Å². The van der Waals surface area contributed by atoms with Crippen molar-refractivity contribution in [3.63, 3.8) is 0 Å². The molecular weight excluding hydrogens is 282 g/mol. The normalized spacial score (nSPS) is 10.0. The highest BCUT2D eigenvalue weighted by Crippen LogP contribution is 2.14. The first-order valence-corrected chi connectivity index (χ1v) is 6.87. The van der Waals surface area contributed by atoms with Crippen LogP contribution in [0.4, 0.5) is 0 Å². The maximum atomic E-state index is 11.5. The number of hydrogen-bond acceptors (Lipinski definition) is 3. The first kappa shape index (κ1) is 15.6. The molecule has 0 aliphatic rings. The minimum absolute atomic E-state index is 0.145. The highest BCUT2D eigenvalue weighted by molar-refractivity contribution is 5.82. The van der Waals surface area contributed by atoms with Crippen LogP contribution in [0, 0.1) is 0 Å². The minimum atomic E-state index is -1.06. The van der Waals surface area contributed by atoms with Crippen LogP contribution in [0.5, 0.6) is 5.75 Å². The molecule has 5 heteroatoms. The smallest absolute Gasteiger partial charge is 0.322 e. The molecule has 0 fully saturated rings. The average molecular weight is 299 g/mol. The zero-order valence-electron chi connectivity index (χ0n) is 12.0. The van der Waals surface area contributed by atoms with E-state index in [0.717, 1.165) is 16.9 Å². The molecule has 5 nitrogen and oxygen atoms in total. The molecule has 2 rings (SSSR count). The number of carboxylic acids is 1. The Balaban J connectivity index is 1.82. The third-order valence-electron chi connectivity index (χ3n) is 2.97. The molecule has 22 heavy (non-hydrogen) atoms. The number of carbonyl (C=O) groups is 2. The molecule has 0 unspecified atom stereocenters. The summed E-state index contributed by atoms with van der Waals surface area (Å²) in [6.45, 7) is 0.121. The van der Waals surface area contributed by atoms with E-state index in [4.69, 9.17) is 9.84 Å². The Hall–Kier alpha value is -2.82. The van der Waals surface area contributed by atoms with Crippen molar-refractivity contribution in [3.05, 3.63) is 65.7 Å². The van der Waals surface area contributed by atoms with Crippen LogP contribution in [0.15, 0.2) is 54.6 Å². The Labute approximate surface area is 128 Å². The summed E-state index contributed by atoms with van der Waals surface area (Å²) in [5.41, 5.74) is 1.88. The van der Waals surface area contributed by atoms with Crippen molar-refractivity contribution in [2.45, 2.75) is 13.0 Å². The van der Waals surface area contributed by atoms with Gasteiger partial charge in [0.15, 0.2) is 0 Å². The number of ether oxygens (including phenoxy) is 1. The van der Waals surface area contributed by atoms with Crippen molar-refractivity contribution in [2.24, 2.45) is 0 Å². The van der Waals surface area contributed by atoms with Gasteiger partial charge in [0.1, 0.15) is 18.9 Å². The topological polar surface area (TPSA) is 75.6 Å². The molecule has 0 aromatic heterocycles. The molecule has 0 aliphatic carbocycles. The van der Waals surface area contributed by atoms with E-state index < -0.39 is 5.97 Å². The third kappa shape index (κ3) is 5.28. The quantitative estimate of drug-likeness (QED) is 0.820. The number of amides is 1. The maximum absolute atomic E-state index is 11.5. The number of benzene rings is 2. The summed E-state index contributed by atoms with van der Waals surface area (Å²) in [4.78, 5) is 21.9. The minimum Gasteiger partial charge on any atom is -0.489 e. The summed E-state index contributed by atoms with van der Waals surface area (Å²) in [6.07, 6.45) is 0.145. The molecule has 0 atom stereocenters. The molecule has 0 heterocycles. The highest BCUT2D eigenvalue weighted by atomic mass is 16.5. The van der Waals surface area contributed by atoms with Crippen molar-refractivity contribution in [1.82, 2.24) is 5.32 Å². The summed E-state index contributed by atoms with van der Waals surface area (Å²) < 4.78 is 5.65. The number of nitrogens with one attached hydrogen (secondary N) is 1. The second-order valence-corrected chi connectivity index (χ2v) is 4.77. The van der Waals surface area contributed by atoms with Gasteiger partial charge in [0.25, 0.3) is 0 Å². The highest BCUT2D eigenvalue weighted by Gasteiger charge is 2.05. The monoisotopic (exact) mass is 299 g/mol. The van der Waals surface area contributed by atoms with Crippen LogP contribution in [0.1, 0.15) is 11.1 Å². The molecule has 0 aliphatic heterocycles. The lowest BCUT2D eigenvalue weighted by molar-refractivity contribution is -0.137. The lowest BCUT2D eigenvalue weighted by Crippen LogP contribution is -2.30. The SMILES string of the molecule is O=C(O)CNC(=O)Cc1ccc(OCc2ccccc2)cc1. The Bertz CT molecular complexity index is 623. The largest absolute Gasteiger partial charge is 0.489 e. The predicted molar refractivity (Wildman–Crippen MR) is 81.6 cm³/mol. The van der Waals surface area contributed by atoms with Crippen LogP contribution in [0.3, 0.4) is 0 Å². The molecule has 0 saturated heterocycles.